The number of rotatable bonds is 9. The van der Waals surface area contributed by atoms with Crippen LogP contribution in [0.25, 0.3) is 0 Å². The van der Waals surface area contributed by atoms with Crippen LogP contribution >= 0.6 is 0 Å². The number of aliphatic hydroxyl groups is 1. The summed E-state index contributed by atoms with van der Waals surface area (Å²) in [7, 11) is 0. The molecule has 2 aromatic rings. The smallest absolute Gasteiger partial charge is 0.240 e. The number of hydrogen-bond acceptors (Lipinski definition) is 4. The van der Waals surface area contributed by atoms with Crippen LogP contribution in [0.15, 0.2) is 54.6 Å². The van der Waals surface area contributed by atoms with Crippen molar-refractivity contribution in [1.82, 2.24) is 0 Å². The molecule has 1 unspecified atom stereocenters. The fourth-order valence-electron chi connectivity index (χ4n) is 2.40. The summed E-state index contributed by atoms with van der Waals surface area (Å²) in [6.45, 7) is 0.146. The SMILES string of the molecule is NC(=O)C(N)(CO)Cc1ccc(OCCCc2ccccc2)cc1. The van der Waals surface area contributed by atoms with E-state index in [0.29, 0.717) is 6.61 Å². The highest BCUT2D eigenvalue weighted by Gasteiger charge is 2.31. The van der Waals surface area contributed by atoms with Crippen LogP contribution in [0.2, 0.25) is 0 Å². The number of ether oxygens (including phenoxy) is 1. The van der Waals surface area contributed by atoms with Gasteiger partial charge in [-0.3, -0.25) is 4.79 Å². The topological polar surface area (TPSA) is 98.6 Å². The van der Waals surface area contributed by atoms with Crippen LogP contribution in [0.3, 0.4) is 0 Å². The highest BCUT2D eigenvalue weighted by molar-refractivity contribution is 5.84. The van der Waals surface area contributed by atoms with Crippen LogP contribution in [0.1, 0.15) is 17.5 Å². The number of nitrogens with two attached hydrogens (primary N) is 2. The summed E-state index contributed by atoms with van der Waals surface area (Å²) < 4.78 is 5.71. The Morgan fingerprint density at radius 1 is 1.04 bits per heavy atom. The summed E-state index contributed by atoms with van der Waals surface area (Å²) in [5, 5.41) is 9.26. The predicted octanol–water partition coefficient (Wildman–Crippen LogP) is 1.42. The molecule has 0 aromatic heterocycles. The molecule has 24 heavy (non-hydrogen) atoms. The molecule has 2 rings (SSSR count). The Balaban J connectivity index is 1.80. The Labute approximate surface area is 142 Å². The van der Waals surface area contributed by atoms with Gasteiger partial charge in [0.2, 0.25) is 5.91 Å². The van der Waals surface area contributed by atoms with E-state index in [4.69, 9.17) is 16.2 Å². The Kier molecular flexibility index (Phi) is 6.35. The van der Waals surface area contributed by atoms with Gasteiger partial charge in [-0.1, -0.05) is 42.5 Å². The number of benzene rings is 2. The Morgan fingerprint density at radius 2 is 1.71 bits per heavy atom. The van der Waals surface area contributed by atoms with Crippen molar-refractivity contribution in [2.24, 2.45) is 11.5 Å². The number of aryl methyl sites for hydroxylation is 1. The van der Waals surface area contributed by atoms with Crippen LogP contribution < -0.4 is 16.2 Å². The van der Waals surface area contributed by atoms with E-state index in [1.165, 1.54) is 5.56 Å². The molecule has 0 aliphatic rings. The molecular formula is C19H24N2O3. The second-order valence-corrected chi connectivity index (χ2v) is 5.94. The molecule has 0 bridgehead atoms. The molecule has 0 saturated heterocycles. The standard InChI is InChI=1S/C19H24N2O3/c20-18(23)19(21,14-22)13-16-8-10-17(11-9-16)24-12-4-7-15-5-2-1-3-6-15/h1-3,5-6,8-11,22H,4,7,12-14,21H2,(H2,20,23). The molecule has 0 aliphatic heterocycles. The molecule has 5 heteroatoms. The third-order valence-corrected chi connectivity index (χ3v) is 3.94. The van der Waals surface area contributed by atoms with Gasteiger partial charge >= 0.3 is 0 Å². The van der Waals surface area contributed by atoms with E-state index in [0.717, 1.165) is 24.2 Å². The van der Waals surface area contributed by atoms with Crippen LogP contribution in [0, 0.1) is 0 Å². The van der Waals surface area contributed by atoms with E-state index in [2.05, 4.69) is 12.1 Å². The Hall–Kier alpha value is -2.37. The molecule has 2 aromatic carbocycles. The molecular weight excluding hydrogens is 304 g/mol. The van der Waals surface area contributed by atoms with Crippen LogP contribution in [-0.4, -0.2) is 29.8 Å². The zero-order valence-corrected chi connectivity index (χ0v) is 13.7. The van der Waals surface area contributed by atoms with Gasteiger partial charge in [-0.15, -0.1) is 0 Å². The number of carbonyl (C=O) groups excluding carboxylic acids is 1. The highest BCUT2D eigenvalue weighted by Crippen LogP contribution is 2.16. The van der Waals surface area contributed by atoms with Crippen molar-refractivity contribution in [1.29, 1.82) is 0 Å². The van der Waals surface area contributed by atoms with Crippen molar-refractivity contribution in [2.75, 3.05) is 13.2 Å². The average Bonchev–Trinajstić information content (AvgIpc) is 2.60. The molecule has 128 valence electrons. The zero-order valence-electron chi connectivity index (χ0n) is 13.7. The summed E-state index contributed by atoms with van der Waals surface area (Å²) >= 11 is 0. The van der Waals surface area contributed by atoms with Crippen molar-refractivity contribution >= 4 is 5.91 Å². The second-order valence-electron chi connectivity index (χ2n) is 5.94. The number of carbonyl (C=O) groups is 1. The van der Waals surface area contributed by atoms with Crippen molar-refractivity contribution < 1.29 is 14.6 Å². The molecule has 0 heterocycles. The lowest BCUT2D eigenvalue weighted by Gasteiger charge is -2.23. The molecule has 0 aliphatic carbocycles. The molecule has 5 nitrogen and oxygen atoms in total. The number of hydrogen-bond donors (Lipinski definition) is 3. The van der Waals surface area contributed by atoms with Gasteiger partial charge in [0.25, 0.3) is 0 Å². The van der Waals surface area contributed by atoms with Crippen molar-refractivity contribution in [3.8, 4) is 5.75 Å². The van der Waals surface area contributed by atoms with E-state index in [1.807, 2.05) is 42.5 Å². The molecule has 5 N–H and O–H groups in total. The van der Waals surface area contributed by atoms with Gasteiger partial charge in [-0.2, -0.15) is 0 Å². The van der Waals surface area contributed by atoms with Crippen LogP contribution in [0.5, 0.6) is 5.75 Å². The quantitative estimate of drug-likeness (QED) is 0.606. The Bertz CT molecular complexity index is 643. The molecule has 0 spiro atoms. The summed E-state index contributed by atoms with van der Waals surface area (Å²) in [6.07, 6.45) is 2.10. The van der Waals surface area contributed by atoms with Crippen molar-refractivity contribution in [3.63, 3.8) is 0 Å². The molecule has 1 atom stereocenters. The van der Waals surface area contributed by atoms with Crippen molar-refractivity contribution in [3.05, 3.63) is 65.7 Å². The summed E-state index contributed by atoms with van der Waals surface area (Å²) in [4.78, 5) is 11.3. The normalized spacial score (nSPS) is 13.2. The van der Waals surface area contributed by atoms with Gasteiger partial charge in [-0.25, -0.2) is 0 Å². The lowest BCUT2D eigenvalue weighted by Crippen LogP contribution is -2.56. The fraction of sp³-hybridized carbons (Fsp3) is 0.316. The lowest BCUT2D eigenvalue weighted by molar-refractivity contribution is -0.124. The first-order chi connectivity index (χ1) is 11.5. The zero-order chi connectivity index (χ0) is 17.4. The minimum atomic E-state index is -1.43. The monoisotopic (exact) mass is 328 g/mol. The first-order valence-electron chi connectivity index (χ1n) is 7.99. The number of aliphatic hydroxyl groups excluding tert-OH is 1. The van der Waals surface area contributed by atoms with Gasteiger partial charge in [0.1, 0.15) is 11.3 Å². The average molecular weight is 328 g/mol. The maximum Gasteiger partial charge on any atom is 0.240 e. The van der Waals surface area contributed by atoms with Gasteiger partial charge < -0.3 is 21.3 Å². The van der Waals surface area contributed by atoms with Gasteiger partial charge in [-0.05, 0) is 36.1 Å². The molecule has 0 saturated carbocycles. The number of primary amides is 1. The highest BCUT2D eigenvalue weighted by atomic mass is 16.5. The second kappa shape index (κ2) is 8.47. The number of amides is 1. The van der Waals surface area contributed by atoms with Gasteiger partial charge in [0.05, 0.1) is 13.2 Å². The largest absolute Gasteiger partial charge is 0.494 e. The van der Waals surface area contributed by atoms with Gasteiger partial charge in [0.15, 0.2) is 0 Å². The third-order valence-electron chi connectivity index (χ3n) is 3.94. The molecule has 0 fully saturated rings. The fourth-order valence-corrected chi connectivity index (χ4v) is 2.40. The molecule has 0 radical (unpaired) electrons. The van der Waals surface area contributed by atoms with E-state index in [1.54, 1.807) is 0 Å². The van der Waals surface area contributed by atoms with Crippen LogP contribution in [-0.2, 0) is 17.6 Å². The third kappa shape index (κ3) is 5.08. The first-order valence-corrected chi connectivity index (χ1v) is 7.99. The van der Waals surface area contributed by atoms with Crippen LogP contribution in [0.4, 0.5) is 0 Å². The maximum absolute atomic E-state index is 11.3. The van der Waals surface area contributed by atoms with E-state index in [-0.39, 0.29) is 6.42 Å². The maximum atomic E-state index is 11.3. The summed E-state index contributed by atoms with van der Waals surface area (Å²) in [5.41, 5.74) is 11.7. The molecule has 1 amide bonds. The van der Waals surface area contributed by atoms with Gasteiger partial charge in [0, 0.05) is 6.42 Å². The predicted molar refractivity (Wildman–Crippen MR) is 93.6 cm³/mol. The lowest BCUT2D eigenvalue weighted by atomic mass is 9.92. The first kappa shape index (κ1) is 18.0. The minimum Gasteiger partial charge on any atom is -0.494 e. The Morgan fingerprint density at radius 3 is 2.29 bits per heavy atom. The summed E-state index contributed by atoms with van der Waals surface area (Å²) in [5.74, 6) is 0.0451. The minimum absolute atomic E-state index is 0.188. The van der Waals surface area contributed by atoms with E-state index >= 15 is 0 Å². The van der Waals surface area contributed by atoms with E-state index in [9.17, 15) is 9.90 Å². The van der Waals surface area contributed by atoms with E-state index < -0.39 is 18.1 Å². The van der Waals surface area contributed by atoms with Crippen molar-refractivity contribution in [2.45, 2.75) is 24.8 Å². The summed E-state index contributed by atoms with van der Waals surface area (Å²) in [6, 6.07) is 17.6.